The monoisotopic (exact) mass is 249 g/mol. The van der Waals surface area contributed by atoms with Crippen molar-refractivity contribution in [2.24, 2.45) is 11.3 Å². The smallest absolute Gasteiger partial charge is 0.0426 e. The Kier molecular flexibility index (Phi) is 3.84. The first-order valence-corrected chi connectivity index (χ1v) is 7.44. The minimum absolute atomic E-state index is 0.363. The molecule has 0 saturated carbocycles. The average Bonchev–Trinajstić information content (AvgIpc) is 2.69. The summed E-state index contributed by atoms with van der Waals surface area (Å²) in [5.41, 5.74) is 1.85. The van der Waals surface area contributed by atoms with Gasteiger partial charge >= 0.3 is 0 Å². The predicted molar refractivity (Wildman–Crippen MR) is 76.5 cm³/mol. The molecule has 1 aliphatic heterocycles. The van der Waals surface area contributed by atoms with Crippen LogP contribution in [-0.2, 0) is 0 Å². The van der Waals surface area contributed by atoms with Crippen molar-refractivity contribution in [2.45, 2.75) is 38.6 Å². The molecule has 17 heavy (non-hydrogen) atoms. The molecular formula is C15H23NS. The maximum atomic E-state index is 3.74. The van der Waals surface area contributed by atoms with Gasteiger partial charge in [-0.25, -0.2) is 0 Å². The van der Waals surface area contributed by atoms with E-state index < -0.39 is 0 Å². The normalized spacial score (nSPS) is 19.7. The number of hydrogen-bond acceptors (Lipinski definition) is 2. The minimum atomic E-state index is 0.363. The second kappa shape index (κ2) is 5.03. The Morgan fingerprint density at radius 3 is 2.76 bits per heavy atom. The van der Waals surface area contributed by atoms with Crippen molar-refractivity contribution in [3.05, 3.63) is 29.8 Å². The number of rotatable bonds is 4. The zero-order valence-electron chi connectivity index (χ0n) is 11.3. The fraction of sp³-hybridized carbons (Fsp3) is 0.600. The average molecular weight is 249 g/mol. The lowest BCUT2D eigenvalue weighted by molar-refractivity contribution is 0.231. The van der Waals surface area contributed by atoms with Crippen LogP contribution in [0.1, 0.15) is 39.3 Å². The van der Waals surface area contributed by atoms with Crippen molar-refractivity contribution in [1.29, 1.82) is 0 Å². The quantitative estimate of drug-likeness (QED) is 0.862. The maximum absolute atomic E-state index is 3.74. The van der Waals surface area contributed by atoms with E-state index in [1.807, 2.05) is 11.8 Å². The van der Waals surface area contributed by atoms with Gasteiger partial charge in [0.15, 0.2) is 0 Å². The van der Waals surface area contributed by atoms with Gasteiger partial charge in [-0.3, -0.25) is 0 Å². The zero-order chi connectivity index (χ0) is 12.5. The Labute approximate surface area is 109 Å². The molecule has 0 amide bonds. The summed E-state index contributed by atoms with van der Waals surface area (Å²) in [6.07, 6.45) is 0. The highest BCUT2D eigenvalue weighted by Gasteiger charge is 2.27. The van der Waals surface area contributed by atoms with Crippen molar-refractivity contribution in [1.82, 2.24) is 5.32 Å². The molecule has 0 aliphatic carbocycles. The second-order valence-electron chi connectivity index (χ2n) is 5.93. The first kappa shape index (κ1) is 13.0. The number of hydrogen-bond donors (Lipinski definition) is 1. The zero-order valence-corrected chi connectivity index (χ0v) is 12.1. The van der Waals surface area contributed by atoms with Crippen LogP contribution in [0.2, 0.25) is 0 Å². The standard InChI is InChI=1S/C15H23NS/c1-11(2)15(3,4)10-16-13-9-17-14-8-6-5-7-12(13)14/h5-8,11,13,16H,9-10H2,1-4H3. The lowest BCUT2D eigenvalue weighted by Crippen LogP contribution is -2.35. The molecule has 1 heterocycles. The number of fused-ring (bicyclic) bond motifs is 1. The van der Waals surface area contributed by atoms with E-state index in [1.54, 1.807) is 0 Å². The number of thioether (sulfide) groups is 1. The largest absolute Gasteiger partial charge is 0.309 e. The third kappa shape index (κ3) is 2.86. The van der Waals surface area contributed by atoms with E-state index in [0.717, 1.165) is 6.54 Å². The van der Waals surface area contributed by atoms with Gasteiger partial charge in [-0.1, -0.05) is 45.9 Å². The first-order valence-electron chi connectivity index (χ1n) is 6.46. The molecular weight excluding hydrogens is 226 g/mol. The SMILES string of the molecule is CC(C)C(C)(C)CNC1CSc2ccccc21. The van der Waals surface area contributed by atoms with Crippen LogP contribution < -0.4 is 5.32 Å². The molecule has 1 aromatic rings. The number of benzene rings is 1. The summed E-state index contributed by atoms with van der Waals surface area (Å²) in [5.74, 6) is 1.88. The van der Waals surface area contributed by atoms with Crippen LogP contribution in [0.5, 0.6) is 0 Å². The minimum Gasteiger partial charge on any atom is -0.309 e. The van der Waals surface area contributed by atoms with Crippen molar-refractivity contribution in [2.75, 3.05) is 12.3 Å². The summed E-state index contributed by atoms with van der Waals surface area (Å²) in [6, 6.07) is 9.30. The van der Waals surface area contributed by atoms with Crippen LogP contribution in [0.4, 0.5) is 0 Å². The predicted octanol–water partition coefficient (Wildman–Crippen LogP) is 4.11. The Hall–Kier alpha value is -0.470. The van der Waals surface area contributed by atoms with Gasteiger partial charge in [0, 0.05) is 23.2 Å². The van der Waals surface area contributed by atoms with Gasteiger partial charge in [-0.15, -0.1) is 11.8 Å². The molecule has 1 N–H and O–H groups in total. The van der Waals surface area contributed by atoms with Crippen LogP contribution in [0.3, 0.4) is 0 Å². The molecule has 2 heteroatoms. The van der Waals surface area contributed by atoms with E-state index >= 15 is 0 Å². The van der Waals surface area contributed by atoms with Crippen LogP contribution in [0.25, 0.3) is 0 Å². The highest BCUT2D eigenvalue weighted by molar-refractivity contribution is 7.99. The Balaban J connectivity index is 1.99. The number of nitrogens with one attached hydrogen (secondary N) is 1. The molecule has 1 nitrogen and oxygen atoms in total. The van der Waals surface area contributed by atoms with Crippen molar-refractivity contribution in [3.8, 4) is 0 Å². The fourth-order valence-electron chi connectivity index (χ4n) is 1.92. The van der Waals surface area contributed by atoms with Crippen molar-refractivity contribution < 1.29 is 0 Å². The fourth-order valence-corrected chi connectivity index (χ4v) is 3.12. The van der Waals surface area contributed by atoms with Crippen molar-refractivity contribution >= 4 is 11.8 Å². The van der Waals surface area contributed by atoms with Gasteiger partial charge in [0.2, 0.25) is 0 Å². The third-order valence-corrected chi connectivity index (χ3v) is 5.25. The Morgan fingerprint density at radius 1 is 1.35 bits per heavy atom. The Bertz CT molecular complexity index is 384. The molecule has 0 radical (unpaired) electrons. The molecule has 1 aliphatic rings. The molecule has 0 fully saturated rings. The van der Waals surface area contributed by atoms with E-state index in [-0.39, 0.29) is 0 Å². The summed E-state index contributed by atoms with van der Waals surface area (Å²) in [7, 11) is 0. The van der Waals surface area contributed by atoms with Gasteiger partial charge in [-0.2, -0.15) is 0 Å². The summed E-state index contributed by atoms with van der Waals surface area (Å²) in [4.78, 5) is 1.45. The van der Waals surface area contributed by atoms with Crippen molar-refractivity contribution in [3.63, 3.8) is 0 Å². The highest BCUT2D eigenvalue weighted by atomic mass is 32.2. The molecule has 0 spiro atoms. The summed E-state index contributed by atoms with van der Waals surface area (Å²) in [5, 5.41) is 3.74. The third-order valence-electron chi connectivity index (χ3n) is 4.07. The molecule has 0 aromatic heterocycles. The molecule has 0 saturated heterocycles. The summed E-state index contributed by atoms with van der Waals surface area (Å²) >= 11 is 1.97. The molecule has 1 unspecified atom stereocenters. The maximum Gasteiger partial charge on any atom is 0.0426 e. The lowest BCUT2D eigenvalue weighted by atomic mass is 9.81. The van der Waals surface area contributed by atoms with Gasteiger partial charge in [0.1, 0.15) is 0 Å². The molecule has 1 aromatic carbocycles. The molecule has 94 valence electrons. The lowest BCUT2D eigenvalue weighted by Gasteiger charge is -2.31. The van der Waals surface area contributed by atoms with E-state index in [4.69, 9.17) is 0 Å². The van der Waals surface area contributed by atoms with Gasteiger partial charge < -0.3 is 5.32 Å². The van der Waals surface area contributed by atoms with Crippen LogP contribution in [-0.4, -0.2) is 12.3 Å². The van der Waals surface area contributed by atoms with E-state index in [1.165, 1.54) is 16.2 Å². The van der Waals surface area contributed by atoms with E-state index in [9.17, 15) is 0 Å². The van der Waals surface area contributed by atoms with Gasteiger partial charge in [0.25, 0.3) is 0 Å². The van der Waals surface area contributed by atoms with Crippen LogP contribution in [0.15, 0.2) is 29.2 Å². The Morgan fingerprint density at radius 2 is 2.06 bits per heavy atom. The van der Waals surface area contributed by atoms with E-state index in [0.29, 0.717) is 17.4 Å². The van der Waals surface area contributed by atoms with Gasteiger partial charge in [-0.05, 0) is 23.0 Å². The second-order valence-corrected chi connectivity index (χ2v) is 6.99. The van der Waals surface area contributed by atoms with E-state index in [2.05, 4.69) is 57.3 Å². The first-order chi connectivity index (χ1) is 8.00. The molecule has 0 bridgehead atoms. The molecule has 1 atom stereocenters. The molecule has 2 rings (SSSR count). The van der Waals surface area contributed by atoms with Crippen LogP contribution in [0, 0.1) is 11.3 Å². The van der Waals surface area contributed by atoms with Crippen LogP contribution >= 0.6 is 11.8 Å². The topological polar surface area (TPSA) is 12.0 Å². The summed E-state index contributed by atoms with van der Waals surface area (Å²) < 4.78 is 0. The summed E-state index contributed by atoms with van der Waals surface area (Å²) in [6.45, 7) is 10.4. The van der Waals surface area contributed by atoms with Gasteiger partial charge in [0.05, 0.1) is 0 Å². The highest BCUT2D eigenvalue weighted by Crippen LogP contribution is 2.38.